The first-order chi connectivity index (χ1) is 13.5. The van der Waals surface area contributed by atoms with Crippen LogP contribution in [0.2, 0.25) is 0 Å². The predicted molar refractivity (Wildman–Crippen MR) is 118 cm³/mol. The van der Waals surface area contributed by atoms with Gasteiger partial charge in [-0.25, -0.2) is 0 Å². The van der Waals surface area contributed by atoms with Crippen molar-refractivity contribution in [1.82, 2.24) is 16.0 Å². The highest BCUT2D eigenvalue weighted by Gasteiger charge is 2.24. The molecule has 0 heterocycles. The van der Waals surface area contributed by atoms with Crippen LogP contribution in [0.3, 0.4) is 0 Å². The van der Waals surface area contributed by atoms with E-state index < -0.39 is 6.61 Å². The van der Waals surface area contributed by atoms with Crippen LogP contribution in [-0.4, -0.2) is 45.7 Å². The van der Waals surface area contributed by atoms with Crippen molar-refractivity contribution in [1.29, 1.82) is 0 Å². The van der Waals surface area contributed by atoms with Gasteiger partial charge < -0.3 is 25.4 Å². The number of hydrogen-bond donors (Lipinski definition) is 3. The van der Waals surface area contributed by atoms with Gasteiger partial charge in [-0.3, -0.25) is 9.79 Å². The summed E-state index contributed by atoms with van der Waals surface area (Å²) in [6.07, 6.45) is 3.86. The summed E-state index contributed by atoms with van der Waals surface area (Å²) in [6, 6.07) is 4.64. The van der Waals surface area contributed by atoms with Crippen molar-refractivity contribution >= 4 is 35.8 Å². The van der Waals surface area contributed by atoms with Crippen molar-refractivity contribution in [3.05, 3.63) is 23.8 Å². The van der Waals surface area contributed by atoms with Gasteiger partial charge in [0.2, 0.25) is 5.91 Å². The lowest BCUT2D eigenvalue weighted by molar-refractivity contribution is -0.127. The molecule has 1 amide bonds. The predicted octanol–water partition coefficient (Wildman–Crippen LogP) is 2.89. The Kier molecular flexibility index (Phi) is 11.6. The van der Waals surface area contributed by atoms with E-state index in [1.807, 2.05) is 0 Å². The summed E-state index contributed by atoms with van der Waals surface area (Å²) in [5.74, 6) is 1.48. The number of aliphatic imine (C=N–C) groups is 1. The largest absolute Gasteiger partial charge is 0.497 e. The molecule has 7 nitrogen and oxygen atoms in total. The van der Waals surface area contributed by atoms with E-state index in [9.17, 15) is 13.6 Å². The number of amides is 1. The molecule has 0 bridgehead atoms. The number of nitrogens with zero attached hydrogens (tertiary/aromatic N) is 1. The van der Waals surface area contributed by atoms with Crippen LogP contribution in [0.15, 0.2) is 23.2 Å². The molecule has 10 heteroatoms. The quantitative estimate of drug-likeness (QED) is 0.189. The highest BCUT2D eigenvalue weighted by molar-refractivity contribution is 14.0. The highest BCUT2D eigenvalue weighted by atomic mass is 127. The van der Waals surface area contributed by atoms with Gasteiger partial charge in [0.1, 0.15) is 11.5 Å². The molecule has 0 aliphatic heterocycles. The number of methoxy groups -OCH3 is 1. The third-order valence-electron chi connectivity index (χ3n) is 4.57. The van der Waals surface area contributed by atoms with Gasteiger partial charge in [-0.1, -0.05) is 6.42 Å². The Bertz CT molecular complexity index is 673. The number of guanidine groups is 1. The van der Waals surface area contributed by atoms with Crippen molar-refractivity contribution in [3.8, 4) is 11.5 Å². The Morgan fingerprint density at radius 1 is 1.24 bits per heavy atom. The fraction of sp³-hybridized carbons (Fsp3) is 0.579. The van der Waals surface area contributed by atoms with E-state index >= 15 is 0 Å². The van der Waals surface area contributed by atoms with Crippen molar-refractivity contribution in [2.45, 2.75) is 38.8 Å². The molecule has 3 N–H and O–H groups in total. The fourth-order valence-corrected chi connectivity index (χ4v) is 2.75. The number of ether oxygens (including phenoxy) is 2. The average Bonchev–Trinajstić information content (AvgIpc) is 2.63. The summed E-state index contributed by atoms with van der Waals surface area (Å²) in [7, 11) is 3.13. The summed E-state index contributed by atoms with van der Waals surface area (Å²) in [6.45, 7) is -1.46. The SMILES string of the molecule is CN=C(NCCCNC(=O)C1CCC1)NCc1cc(OC)ccc1OC(F)F.I. The van der Waals surface area contributed by atoms with Crippen LogP contribution in [0.25, 0.3) is 0 Å². The number of benzene rings is 1. The second kappa shape index (κ2) is 13.4. The maximum Gasteiger partial charge on any atom is 0.387 e. The van der Waals surface area contributed by atoms with E-state index in [1.165, 1.54) is 13.2 Å². The van der Waals surface area contributed by atoms with Crippen LogP contribution in [0.5, 0.6) is 11.5 Å². The molecule has 0 radical (unpaired) electrons. The smallest absolute Gasteiger partial charge is 0.387 e. The first-order valence-corrected chi connectivity index (χ1v) is 9.37. The lowest BCUT2D eigenvalue weighted by Crippen LogP contribution is -2.39. The van der Waals surface area contributed by atoms with Crippen LogP contribution in [0.4, 0.5) is 8.78 Å². The standard InChI is InChI=1S/C19H28F2N4O3.HI/c1-22-19(24-10-4-9-23-17(26)13-5-3-6-13)25-12-14-11-15(27-2)7-8-16(14)28-18(20)21;/h7-8,11,13,18H,3-6,9-10,12H2,1-2H3,(H,23,26)(H2,22,24,25);1H. The minimum Gasteiger partial charge on any atom is -0.497 e. The Hall–Kier alpha value is -1.85. The molecule has 1 aliphatic carbocycles. The zero-order chi connectivity index (χ0) is 20.4. The molecule has 0 aromatic heterocycles. The normalized spacial score (nSPS) is 13.9. The molecule has 1 aromatic rings. The van der Waals surface area contributed by atoms with Crippen LogP contribution in [-0.2, 0) is 11.3 Å². The molecule has 0 unspecified atom stereocenters. The Morgan fingerprint density at radius 3 is 2.55 bits per heavy atom. The first kappa shape index (κ1) is 25.2. The molecule has 1 saturated carbocycles. The zero-order valence-corrected chi connectivity index (χ0v) is 19.0. The average molecular weight is 526 g/mol. The van der Waals surface area contributed by atoms with Gasteiger partial charge in [0.15, 0.2) is 5.96 Å². The van der Waals surface area contributed by atoms with E-state index in [1.54, 1.807) is 19.2 Å². The molecule has 2 rings (SSSR count). The van der Waals surface area contributed by atoms with Gasteiger partial charge in [0, 0.05) is 38.2 Å². The zero-order valence-electron chi connectivity index (χ0n) is 16.7. The Balaban J connectivity index is 0.00000420. The van der Waals surface area contributed by atoms with E-state index in [-0.39, 0.29) is 48.1 Å². The molecule has 0 saturated heterocycles. The van der Waals surface area contributed by atoms with Gasteiger partial charge in [0.05, 0.1) is 7.11 Å². The molecule has 164 valence electrons. The monoisotopic (exact) mass is 526 g/mol. The van der Waals surface area contributed by atoms with Crippen LogP contribution >= 0.6 is 24.0 Å². The molecule has 1 aromatic carbocycles. The second-order valence-corrected chi connectivity index (χ2v) is 6.48. The van der Waals surface area contributed by atoms with Gasteiger partial charge in [-0.2, -0.15) is 8.78 Å². The number of hydrogen-bond acceptors (Lipinski definition) is 4. The third-order valence-corrected chi connectivity index (χ3v) is 4.57. The topological polar surface area (TPSA) is 84.0 Å². The third kappa shape index (κ3) is 8.58. The van der Waals surface area contributed by atoms with E-state index in [4.69, 9.17) is 4.74 Å². The summed E-state index contributed by atoms with van der Waals surface area (Å²) in [5.41, 5.74) is 0.523. The maximum absolute atomic E-state index is 12.6. The summed E-state index contributed by atoms with van der Waals surface area (Å²) in [4.78, 5) is 15.9. The van der Waals surface area contributed by atoms with Crippen LogP contribution in [0, 0.1) is 5.92 Å². The molecule has 29 heavy (non-hydrogen) atoms. The number of nitrogens with one attached hydrogen (secondary N) is 3. The van der Waals surface area contributed by atoms with Crippen LogP contribution in [0.1, 0.15) is 31.2 Å². The highest BCUT2D eigenvalue weighted by Crippen LogP contribution is 2.26. The van der Waals surface area contributed by atoms with Gasteiger partial charge >= 0.3 is 6.61 Å². The molecule has 0 spiro atoms. The lowest BCUT2D eigenvalue weighted by Gasteiger charge is -2.24. The van der Waals surface area contributed by atoms with Gasteiger partial charge in [0.25, 0.3) is 0 Å². The molecule has 1 aliphatic rings. The van der Waals surface area contributed by atoms with Crippen molar-refractivity contribution in [3.63, 3.8) is 0 Å². The second-order valence-electron chi connectivity index (χ2n) is 6.48. The van der Waals surface area contributed by atoms with Crippen molar-refractivity contribution in [2.24, 2.45) is 10.9 Å². The van der Waals surface area contributed by atoms with E-state index in [0.717, 1.165) is 25.7 Å². The summed E-state index contributed by atoms with van der Waals surface area (Å²) >= 11 is 0. The number of halogens is 3. The van der Waals surface area contributed by atoms with Crippen molar-refractivity contribution < 1.29 is 23.0 Å². The minimum atomic E-state index is -2.90. The number of rotatable bonds is 10. The Labute approximate surface area is 187 Å². The van der Waals surface area contributed by atoms with Gasteiger partial charge in [-0.05, 0) is 37.5 Å². The fourth-order valence-electron chi connectivity index (χ4n) is 2.75. The number of carbonyl (C=O) groups excluding carboxylic acids is 1. The molecule has 0 atom stereocenters. The number of carbonyl (C=O) groups is 1. The lowest BCUT2D eigenvalue weighted by atomic mass is 9.85. The molecular formula is C19H29F2IN4O3. The minimum absolute atomic E-state index is 0. The maximum atomic E-state index is 12.6. The summed E-state index contributed by atoms with van der Waals surface area (Å²) < 4.78 is 34.8. The number of alkyl halides is 2. The molecular weight excluding hydrogens is 497 g/mol. The summed E-state index contributed by atoms with van der Waals surface area (Å²) in [5, 5.41) is 9.12. The molecule has 1 fully saturated rings. The first-order valence-electron chi connectivity index (χ1n) is 9.37. The van der Waals surface area contributed by atoms with Gasteiger partial charge in [-0.15, -0.1) is 24.0 Å². The Morgan fingerprint density at radius 2 is 1.97 bits per heavy atom. The van der Waals surface area contributed by atoms with E-state index in [2.05, 4.69) is 25.7 Å². The van der Waals surface area contributed by atoms with Crippen molar-refractivity contribution in [2.75, 3.05) is 27.2 Å². The van der Waals surface area contributed by atoms with Crippen LogP contribution < -0.4 is 25.4 Å². The van der Waals surface area contributed by atoms with E-state index in [0.29, 0.717) is 30.4 Å².